The second kappa shape index (κ2) is 4.28. The van der Waals surface area contributed by atoms with Gasteiger partial charge in [0.1, 0.15) is 0 Å². The van der Waals surface area contributed by atoms with Crippen molar-refractivity contribution in [1.29, 1.82) is 0 Å². The fraction of sp³-hybridized carbons (Fsp3) is 0.500. The van der Waals surface area contributed by atoms with Crippen molar-refractivity contribution in [2.24, 2.45) is 0 Å². The summed E-state index contributed by atoms with van der Waals surface area (Å²) in [5, 5.41) is 2.06. The van der Waals surface area contributed by atoms with Gasteiger partial charge in [0.05, 0.1) is 12.7 Å². The summed E-state index contributed by atoms with van der Waals surface area (Å²) >= 11 is 10.8. The zero-order valence-electron chi connectivity index (χ0n) is 6.87. The quantitative estimate of drug-likeness (QED) is 0.791. The van der Waals surface area contributed by atoms with Crippen LogP contribution in [0.25, 0.3) is 0 Å². The summed E-state index contributed by atoms with van der Waals surface area (Å²) in [6.07, 6.45) is 0.318. The molecule has 13 heavy (non-hydrogen) atoms. The number of ether oxygens (including phenoxy) is 1. The van der Waals surface area contributed by atoms with Crippen LogP contribution in [-0.2, 0) is 11.3 Å². The van der Waals surface area contributed by atoms with Crippen LogP contribution in [0.1, 0.15) is 4.88 Å². The molecule has 0 aromatic carbocycles. The van der Waals surface area contributed by atoms with Gasteiger partial charge >= 0.3 is 0 Å². The first-order valence-corrected chi connectivity index (χ1v) is 6.00. The predicted molar refractivity (Wildman–Crippen MR) is 58.0 cm³/mol. The number of thiophene rings is 1. The maximum Gasteiger partial charge on any atom is 0.0860 e. The van der Waals surface area contributed by atoms with Gasteiger partial charge in [0.15, 0.2) is 0 Å². The molecule has 0 amide bonds. The lowest BCUT2D eigenvalue weighted by Gasteiger charge is -2.32. The second-order valence-electron chi connectivity index (χ2n) is 2.99. The van der Waals surface area contributed by atoms with E-state index in [9.17, 15) is 0 Å². The number of rotatable bonds is 3. The molecule has 0 unspecified atom stereocenters. The fourth-order valence-corrected chi connectivity index (χ4v) is 2.80. The SMILES string of the molecule is ClN1CC(OCc2cc(Br)cs2)C1. The molecule has 0 atom stereocenters. The predicted octanol–water partition coefficient (Wildman–Crippen LogP) is 2.87. The molecule has 5 heteroatoms. The van der Waals surface area contributed by atoms with E-state index in [1.807, 2.05) is 0 Å². The normalized spacial score (nSPS) is 18.9. The monoisotopic (exact) mass is 281 g/mol. The average Bonchev–Trinajstić information content (AvgIpc) is 2.43. The molecule has 0 bridgehead atoms. The molecule has 0 N–H and O–H groups in total. The van der Waals surface area contributed by atoms with Crippen molar-refractivity contribution in [3.05, 3.63) is 20.8 Å². The number of halogens is 2. The van der Waals surface area contributed by atoms with E-state index < -0.39 is 0 Å². The highest BCUT2D eigenvalue weighted by Gasteiger charge is 2.25. The first-order chi connectivity index (χ1) is 6.24. The van der Waals surface area contributed by atoms with E-state index in [0.717, 1.165) is 17.6 Å². The number of hydrogen-bond acceptors (Lipinski definition) is 3. The highest BCUT2D eigenvalue weighted by molar-refractivity contribution is 9.10. The minimum Gasteiger partial charge on any atom is -0.370 e. The molecule has 0 radical (unpaired) electrons. The Balaban J connectivity index is 1.74. The molecule has 1 aromatic rings. The van der Waals surface area contributed by atoms with Gasteiger partial charge in [-0.1, -0.05) is 0 Å². The third kappa shape index (κ3) is 2.67. The van der Waals surface area contributed by atoms with Crippen molar-refractivity contribution in [1.82, 2.24) is 4.42 Å². The van der Waals surface area contributed by atoms with Gasteiger partial charge in [-0.3, -0.25) is 0 Å². The summed E-state index contributed by atoms with van der Waals surface area (Å²) in [6, 6.07) is 2.09. The van der Waals surface area contributed by atoms with E-state index in [2.05, 4.69) is 27.4 Å². The third-order valence-electron chi connectivity index (χ3n) is 1.89. The fourth-order valence-electron chi connectivity index (χ4n) is 1.12. The van der Waals surface area contributed by atoms with Crippen LogP contribution in [0.15, 0.2) is 15.9 Å². The molecule has 1 aromatic heterocycles. The molecule has 2 nitrogen and oxygen atoms in total. The Morgan fingerprint density at radius 3 is 3.00 bits per heavy atom. The first kappa shape index (κ1) is 9.93. The maximum absolute atomic E-state index is 5.68. The van der Waals surface area contributed by atoms with Gasteiger partial charge in [-0.05, 0) is 33.8 Å². The van der Waals surface area contributed by atoms with Crippen LogP contribution in [0.4, 0.5) is 0 Å². The Labute approximate surface area is 94.7 Å². The Morgan fingerprint density at radius 2 is 2.46 bits per heavy atom. The summed E-state index contributed by atoms with van der Waals surface area (Å²) in [4.78, 5) is 1.25. The van der Waals surface area contributed by atoms with Gasteiger partial charge in [0.2, 0.25) is 0 Å². The van der Waals surface area contributed by atoms with Crippen LogP contribution in [0.5, 0.6) is 0 Å². The van der Waals surface area contributed by atoms with Crippen LogP contribution in [-0.4, -0.2) is 23.6 Å². The minimum atomic E-state index is 0.318. The van der Waals surface area contributed by atoms with Crippen LogP contribution in [0, 0.1) is 0 Å². The third-order valence-corrected chi connectivity index (χ3v) is 3.83. The summed E-state index contributed by atoms with van der Waals surface area (Å²) in [5.74, 6) is 0. The van der Waals surface area contributed by atoms with Crippen LogP contribution < -0.4 is 0 Å². The second-order valence-corrected chi connectivity index (χ2v) is 5.38. The number of hydrogen-bond donors (Lipinski definition) is 0. The van der Waals surface area contributed by atoms with Crippen molar-refractivity contribution in [3.63, 3.8) is 0 Å². The Kier molecular flexibility index (Phi) is 3.26. The van der Waals surface area contributed by atoms with Crippen molar-refractivity contribution < 1.29 is 4.74 Å². The van der Waals surface area contributed by atoms with Gasteiger partial charge < -0.3 is 4.74 Å². The lowest BCUT2D eigenvalue weighted by Crippen LogP contribution is -2.46. The molecule has 0 aliphatic carbocycles. The van der Waals surface area contributed by atoms with Crippen molar-refractivity contribution in [2.75, 3.05) is 13.1 Å². The summed E-state index contributed by atoms with van der Waals surface area (Å²) in [5.41, 5.74) is 0. The molecule has 2 heterocycles. The van der Waals surface area contributed by atoms with Crippen molar-refractivity contribution in [2.45, 2.75) is 12.7 Å². The average molecular weight is 283 g/mol. The Bertz CT molecular complexity index is 287. The van der Waals surface area contributed by atoms with E-state index in [-0.39, 0.29) is 0 Å². The minimum absolute atomic E-state index is 0.318. The van der Waals surface area contributed by atoms with Crippen LogP contribution in [0.3, 0.4) is 0 Å². The van der Waals surface area contributed by atoms with Crippen molar-refractivity contribution >= 4 is 39.0 Å². The smallest absolute Gasteiger partial charge is 0.0860 e. The van der Waals surface area contributed by atoms with E-state index in [1.165, 1.54) is 4.88 Å². The lowest BCUT2D eigenvalue weighted by atomic mass is 10.2. The van der Waals surface area contributed by atoms with E-state index in [0.29, 0.717) is 12.7 Å². The lowest BCUT2D eigenvalue weighted by molar-refractivity contribution is -0.0280. The largest absolute Gasteiger partial charge is 0.370 e. The summed E-state index contributed by atoms with van der Waals surface area (Å²) in [7, 11) is 0. The molecule has 0 spiro atoms. The van der Waals surface area contributed by atoms with E-state index in [4.69, 9.17) is 16.5 Å². The zero-order valence-corrected chi connectivity index (χ0v) is 10.0. The molecule has 1 aliphatic heterocycles. The van der Waals surface area contributed by atoms with Crippen LogP contribution in [0.2, 0.25) is 0 Å². The molecule has 1 aliphatic rings. The topological polar surface area (TPSA) is 12.5 Å². The van der Waals surface area contributed by atoms with Gasteiger partial charge in [-0.15, -0.1) is 11.3 Å². The molecule has 1 fully saturated rings. The van der Waals surface area contributed by atoms with Gasteiger partial charge in [-0.25, -0.2) is 4.42 Å². The zero-order chi connectivity index (χ0) is 9.26. The summed E-state index contributed by atoms with van der Waals surface area (Å²) < 4.78 is 8.47. The van der Waals surface area contributed by atoms with E-state index in [1.54, 1.807) is 15.8 Å². The summed E-state index contributed by atoms with van der Waals surface area (Å²) in [6.45, 7) is 2.38. The Hall–Kier alpha value is 0.390. The van der Waals surface area contributed by atoms with Crippen molar-refractivity contribution in [3.8, 4) is 0 Å². The standard InChI is InChI=1S/C8H9BrClNOS/c9-6-1-8(13-5-6)4-12-7-2-11(10)3-7/h1,5,7H,2-4H2. The maximum atomic E-state index is 5.68. The molecular weight excluding hydrogens is 274 g/mol. The molecular formula is C8H9BrClNOS. The highest BCUT2D eigenvalue weighted by atomic mass is 79.9. The molecule has 72 valence electrons. The Morgan fingerprint density at radius 1 is 1.69 bits per heavy atom. The first-order valence-electron chi connectivity index (χ1n) is 3.99. The van der Waals surface area contributed by atoms with Gasteiger partial charge in [0, 0.05) is 27.8 Å². The number of nitrogens with zero attached hydrogens (tertiary/aromatic N) is 1. The molecule has 0 saturated carbocycles. The van der Waals surface area contributed by atoms with Crippen LogP contribution >= 0.6 is 39.0 Å². The van der Waals surface area contributed by atoms with Gasteiger partial charge in [-0.2, -0.15) is 0 Å². The molecule has 1 saturated heterocycles. The van der Waals surface area contributed by atoms with E-state index >= 15 is 0 Å². The van der Waals surface area contributed by atoms with Gasteiger partial charge in [0.25, 0.3) is 0 Å². The highest BCUT2D eigenvalue weighted by Crippen LogP contribution is 2.22. The molecule has 2 rings (SSSR count).